The molecule has 3 heteroatoms. The first kappa shape index (κ1) is 15.2. The second kappa shape index (κ2) is 6.29. The van der Waals surface area contributed by atoms with Crippen molar-refractivity contribution in [1.82, 2.24) is 4.90 Å². The minimum atomic E-state index is 0.0635. The fourth-order valence-electron chi connectivity index (χ4n) is 3.80. The van der Waals surface area contributed by atoms with Gasteiger partial charge in [0.15, 0.2) is 0 Å². The SMILES string of the molecule is Brc1ccc2c(c1)CCC1(CCN(Cc3ccccc3)CC1)O2. The molecule has 0 radical (unpaired) electrons. The fraction of sp³-hybridized carbons (Fsp3) is 0.400. The lowest BCUT2D eigenvalue weighted by Gasteiger charge is -2.44. The van der Waals surface area contributed by atoms with Crippen molar-refractivity contribution in [2.24, 2.45) is 0 Å². The summed E-state index contributed by atoms with van der Waals surface area (Å²) >= 11 is 3.56. The number of halogens is 1. The van der Waals surface area contributed by atoms with Crippen molar-refractivity contribution in [2.75, 3.05) is 13.1 Å². The van der Waals surface area contributed by atoms with Gasteiger partial charge in [0.1, 0.15) is 11.4 Å². The molecule has 4 rings (SSSR count). The maximum absolute atomic E-state index is 6.47. The van der Waals surface area contributed by atoms with Gasteiger partial charge in [-0.2, -0.15) is 0 Å². The van der Waals surface area contributed by atoms with E-state index >= 15 is 0 Å². The van der Waals surface area contributed by atoms with Crippen LogP contribution in [0.5, 0.6) is 5.75 Å². The number of hydrogen-bond donors (Lipinski definition) is 0. The molecule has 2 aromatic rings. The Morgan fingerprint density at radius 3 is 2.57 bits per heavy atom. The van der Waals surface area contributed by atoms with Gasteiger partial charge in [0.25, 0.3) is 0 Å². The molecule has 0 saturated carbocycles. The van der Waals surface area contributed by atoms with Crippen molar-refractivity contribution in [3.8, 4) is 5.75 Å². The van der Waals surface area contributed by atoms with Gasteiger partial charge in [0.2, 0.25) is 0 Å². The molecule has 2 nitrogen and oxygen atoms in total. The van der Waals surface area contributed by atoms with E-state index in [4.69, 9.17) is 4.74 Å². The molecule has 2 aliphatic heterocycles. The van der Waals surface area contributed by atoms with Gasteiger partial charge in [0.05, 0.1) is 0 Å². The van der Waals surface area contributed by atoms with Crippen LogP contribution in [0.4, 0.5) is 0 Å². The zero-order chi connectivity index (χ0) is 15.7. The molecule has 23 heavy (non-hydrogen) atoms. The molecule has 2 aliphatic rings. The first-order chi connectivity index (χ1) is 11.2. The molecule has 0 N–H and O–H groups in total. The highest BCUT2D eigenvalue weighted by Crippen LogP contribution is 2.40. The van der Waals surface area contributed by atoms with Crippen LogP contribution in [0.1, 0.15) is 30.4 Å². The van der Waals surface area contributed by atoms with Crippen LogP contribution in [-0.2, 0) is 13.0 Å². The Bertz CT molecular complexity index is 677. The third kappa shape index (κ3) is 3.31. The minimum Gasteiger partial charge on any atom is -0.487 e. The van der Waals surface area contributed by atoms with E-state index in [1.807, 2.05) is 0 Å². The molecule has 0 unspecified atom stereocenters. The third-order valence-corrected chi connectivity index (χ3v) is 5.71. The molecule has 2 aromatic carbocycles. The van der Waals surface area contributed by atoms with E-state index in [-0.39, 0.29) is 5.60 Å². The lowest BCUT2D eigenvalue weighted by Crippen LogP contribution is -2.49. The minimum absolute atomic E-state index is 0.0635. The van der Waals surface area contributed by atoms with E-state index < -0.39 is 0 Å². The summed E-state index contributed by atoms with van der Waals surface area (Å²) in [4.78, 5) is 2.56. The van der Waals surface area contributed by atoms with Gasteiger partial charge in [-0.1, -0.05) is 46.3 Å². The number of ether oxygens (including phenoxy) is 1. The van der Waals surface area contributed by atoms with Crippen molar-refractivity contribution in [1.29, 1.82) is 0 Å². The highest BCUT2D eigenvalue weighted by molar-refractivity contribution is 9.10. The first-order valence-corrected chi connectivity index (χ1v) is 9.26. The van der Waals surface area contributed by atoms with Crippen LogP contribution in [0.25, 0.3) is 0 Å². The maximum atomic E-state index is 6.47. The summed E-state index contributed by atoms with van der Waals surface area (Å²) in [7, 11) is 0. The zero-order valence-electron chi connectivity index (χ0n) is 13.3. The van der Waals surface area contributed by atoms with E-state index in [0.29, 0.717) is 0 Å². The lowest BCUT2D eigenvalue weighted by atomic mass is 9.83. The number of nitrogens with zero attached hydrogens (tertiary/aromatic N) is 1. The molecule has 2 heterocycles. The van der Waals surface area contributed by atoms with E-state index in [2.05, 4.69) is 69.4 Å². The van der Waals surface area contributed by atoms with Crippen molar-refractivity contribution in [2.45, 2.75) is 37.8 Å². The topological polar surface area (TPSA) is 12.5 Å². The Labute approximate surface area is 146 Å². The predicted molar refractivity (Wildman–Crippen MR) is 96.8 cm³/mol. The number of aryl methyl sites for hydroxylation is 1. The van der Waals surface area contributed by atoms with Crippen LogP contribution in [0.2, 0.25) is 0 Å². The van der Waals surface area contributed by atoms with Crippen LogP contribution >= 0.6 is 15.9 Å². The molecular weight excluding hydrogens is 350 g/mol. The number of benzene rings is 2. The molecule has 0 aliphatic carbocycles. The van der Waals surface area contributed by atoms with Crippen molar-refractivity contribution >= 4 is 15.9 Å². The molecular formula is C20H22BrNO. The zero-order valence-corrected chi connectivity index (χ0v) is 14.9. The average Bonchev–Trinajstić information content (AvgIpc) is 2.59. The molecule has 1 saturated heterocycles. The number of piperidine rings is 1. The van der Waals surface area contributed by atoms with E-state index in [0.717, 1.165) is 55.5 Å². The molecule has 1 spiro atoms. The van der Waals surface area contributed by atoms with Crippen molar-refractivity contribution in [3.05, 3.63) is 64.1 Å². The summed E-state index contributed by atoms with van der Waals surface area (Å²) in [6.07, 6.45) is 4.55. The largest absolute Gasteiger partial charge is 0.487 e. The summed E-state index contributed by atoms with van der Waals surface area (Å²) in [5.41, 5.74) is 2.81. The van der Waals surface area contributed by atoms with Gasteiger partial charge < -0.3 is 4.74 Å². The van der Waals surface area contributed by atoms with Gasteiger partial charge >= 0.3 is 0 Å². The Balaban J connectivity index is 1.40. The van der Waals surface area contributed by atoms with Crippen LogP contribution in [0, 0.1) is 0 Å². The van der Waals surface area contributed by atoms with E-state index in [1.165, 1.54) is 11.1 Å². The van der Waals surface area contributed by atoms with Crippen molar-refractivity contribution < 1.29 is 4.74 Å². The molecule has 0 aromatic heterocycles. The Morgan fingerprint density at radius 1 is 1.00 bits per heavy atom. The smallest absolute Gasteiger partial charge is 0.123 e. The van der Waals surface area contributed by atoms with E-state index in [9.17, 15) is 0 Å². The number of hydrogen-bond acceptors (Lipinski definition) is 2. The molecule has 1 fully saturated rings. The monoisotopic (exact) mass is 371 g/mol. The van der Waals surface area contributed by atoms with Gasteiger partial charge in [-0.3, -0.25) is 4.90 Å². The summed E-state index contributed by atoms with van der Waals surface area (Å²) in [6.45, 7) is 3.31. The molecule has 0 bridgehead atoms. The standard InChI is InChI=1S/C20H22BrNO/c21-18-6-7-19-17(14-18)8-9-20(23-19)10-12-22(13-11-20)15-16-4-2-1-3-5-16/h1-7,14H,8-13,15H2. The highest BCUT2D eigenvalue weighted by Gasteiger charge is 2.39. The number of rotatable bonds is 2. The summed E-state index contributed by atoms with van der Waals surface area (Å²) in [5.74, 6) is 1.09. The van der Waals surface area contributed by atoms with Crippen LogP contribution in [0.15, 0.2) is 53.0 Å². The lowest BCUT2D eigenvalue weighted by molar-refractivity contribution is -0.0163. The van der Waals surface area contributed by atoms with E-state index in [1.54, 1.807) is 0 Å². The van der Waals surface area contributed by atoms with Gasteiger partial charge in [-0.15, -0.1) is 0 Å². The molecule has 120 valence electrons. The number of likely N-dealkylation sites (tertiary alicyclic amines) is 1. The van der Waals surface area contributed by atoms with Crippen LogP contribution < -0.4 is 4.74 Å². The van der Waals surface area contributed by atoms with Gasteiger partial charge in [-0.25, -0.2) is 0 Å². The summed E-state index contributed by atoms with van der Waals surface area (Å²) < 4.78 is 7.61. The predicted octanol–water partition coefficient (Wildman–Crippen LogP) is 4.81. The van der Waals surface area contributed by atoms with Gasteiger partial charge in [-0.05, 0) is 55.0 Å². The first-order valence-electron chi connectivity index (χ1n) is 8.46. The fourth-order valence-corrected chi connectivity index (χ4v) is 4.21. The second-order valence-corrected chi connectivity index (χ2v) is 7.71. The second-order valence-electron chi connectivity index (χ2n) is 6.80. The van der Waals surface area contributed by atoms with Crippen LogP contribution in [0.3, 0.4) is 0 Å². The Kier molecular flexibility index (Phi) is 4.16. The molecule has 0 amide bonds. The average molecular weight is 372 g/mol. The Morgan fingerprint density at radius 2 is 1.78 bits per heavy atom. The van der Waals surface area contributed by atoms with Gasteiger partial charge in [0, 0.05) is 24.1 Å². The van der Waals surface area contributed by atoms with Crippen LogP contribution in [-0.4, -0.2) is 23.6 Å². The summed E-state index contributed by atoms with van der Waals surface area (Å²) in [5, 5.41) is 0. The maximum Gasteiger partial charge on any atom is 0.123 e. The van der Waals surface area contributed by atoms with Crippen molar-refractivity contribution in [3.63, 3.8) is 0 Å². The third-order valence-electron chi connectivity index (χ3n) is 5.22. The summed E-state index contributed by atoms with van der Waals surface area (Å²) in [6, 6.07) is 17.2. The normalized spacial score (nSPS) is 20.0. The highest BCUT2D eigenvalue weighted by atomic mass is 79.9. The number of fused-ring (bicyclic) bond motifs is 1. The quantitative estimate of drug-likeness (QED) is 0.750. The Hall–Kier alpha value is -1.32. The molecule has 0 atom stereocenters.